The van der Waals surface area contributed by atoms with E-state index in [1.54, 1.807) is 0 Å². The van der Waals surface area contributed by atoms with Crippen molar-refractivity contribution in [2.75, 3.05) is 6.61 Å². The van der Waals surface area contributed by atoms with Crippen LogP contribution in [-0.2, 0) is 0 Å². The predicted octanol–water partition coefficient (Wildman–Crippen LogP) is 2.42. The topological polar surface area (TPSA) is 66.5 Å². The number of aliphatic hydroxyl groups is 1. The summed E-state index contributed by atoms with van der Waals surface area (Å²) in [6, 6.07) is 2.49. The third-order valence-electron chi connectivity index (χ3n) is 1.83. The number of aliphatic hydroxyl groups excluding tert-OH is 1. The Morgan fingerprint density at radius 1 is 1.35 bits per heavy atom. The lowest BCUT2D eigenvalue weighted by molar-refractivity contribution is -0.0328. The van der Waals surface area contributed by atoms with E-state index in [0.717, 1.165) is 18.2 Å². The molecule has 1 aromatic carbocycles. The molecule has 17 heavy (non-hydrogen) atoms. The van der Waals surface area contributed by atoms with Gasteiger partial charge in [-0.2, -0.15) is 13.2 Å². The zero-order chi connectivity index (χ0) is 12.3. The fourth-order valence-corrected chi connectivity index (χ4v) is 1.71. The maximum absolute atomic E-state index is 12.1. The van der Waals surface area contributed by atoms with E-state index < -0.39 is 18.2 Å². The molecule has 0 spiro atoms. The molecule has 1 rings (SSSR count). The summed E-state index contributed by atoms with van der Waals surface area (Å²) in [6.07, 6.45) is 0. The van der Waals surface area contributed by atoms with Crippen LogP contribution in [0.2, 0.25) is 0 Å². The molecule has 3 nitrogen and oxygen atoms in total. The largest absolute Gasteiger partial charge is 0.508 e. The minimum Gasteiger partial charge on any atom is -0.508 e. The molecular weight excluding hydrogens is 279 g/mol. The van der Waals surface area contributed by atoms with Gasteiger partial charge in [-0.05, 0) is 30.0 Å². The van der Waals surface area contributed by atoms with Crippen LogP contribution in [0.4, 0.5) is 13.2 Å². The number of alkyl halides is 3. The van der Waals surface area contributed by atoms with Crippen LogP contribution in [0.1, 0.15) is 11.6 Å². The fourth-order valence-electron chi connectivity index (χ4n) is 1.13. The summed E-state index contributed by atoms with van der Waals surface area (Å²) in [6.45, 7) is -0.451. The van der Waals surface area contributed by atoms with E-state index in [0.29, 0.717) is 0 Å². The molecule has 0 unspecified atom stereocenters. The summed E-state index contributed by atoms with van der Waals surface area (Å²) in [5.41, 5.74) is 1.13. The Morgan fingerprint density at radius 3 is 2.41 bits per heavy atom. The fraction of sp³-hybridized carbons (Fsp3) is 0.333. The van der Waals surface area contributed by atoms with Crippen molar-refractivity contribution in [1.82, 2.24) is 0 Å². The molecule has 0 bridgehead atoms. The Bertz CT molecular complexity index is 376. The van der Waals surface area contributed by atoms with Crippen molar-refractivity contribution < 1.29 is 23.4 Å². The molecule has 98 valence electrons. The molecule has 0 fully saturated rings. The van der Waals surface area contributed by atoms with Crippen molar-refractivity contribution in [1.29, 1.82) is 0 Å². The summed E-state index contributed by atoms with van der Waals surface area (Å²) >= 11 is -0.297. The van der Waals surface area contributed by atoms with Gasteiger partial charge in [-0.1, -0.05) is 0 Å². The van der Waals surface area contributed by atoms with Gasteiger partial charge in [0.2, 0.25) is 0 Å². The lowest BCUT2D eigenvalue weighted by atomic mass is 10.1. The zero-order valence-electron chi connectivity index (χ0n) is 8.44. The summed E-state index contributed by atoms with van der Waals surface area (Å²) in [7, 11) is 0. The van der Waals surface area contributed by atoms with E-state index in [2.05, 4.69) is 0 Å². The molecule has 0 heterocycles. The Kier molecular flexibility index (Phi) is 6.11. The average molecular weight is 290 g/mol. The van der Waals surface area contributed by atoms with Crippen LogP contribution < -0.4 is 5.73 Å². The van der Waals surface area contributed by atoms with Crippen LogP contribution in [-0.4, -0.2) is 22.3 Å². The molecular formula is C9H11ClF3NO2S. The number of hydrogen-bond donors (Lipinski definition) is 3. The zero-order valence-corrected chi connectivity index (χ0v) is 10.1. The van der Waals surface area contributed by atoms with E-state index >= 15 is 0 Å². The van der Waals surface area contributed by atoms with Gasteiger partial charge in [0.25, 0.3) is 0 Å². The van der Waals surface area contributed by atoms with Crippen LogP contribution in [0.15, 0.2) is 23.1 Å². The number of rotatable bonds is 3. The second-order valence-corrected chi connectivity index (χ2v) is 4.20. The molecule has 0 amide bonds. The van der Waals surface area contributed by atoms with Gasteiger partial charge >= 0.3 is 5.51 Å². The highest BCUT2D eigenvalue weighted by atomic mass is 35.5. The number of phenolic OH excluding ortho intramolecular Hbond substituents is 1. The molecule has 0 saturated carbocycles. The Balaban J connectivity index is 0.00000256. The Labute approximate surface area is 106 Å². The van der Waals surface area contributed by atoms with Crippen LogP contribution in [0, 0.1) is 0 Å². The van der Waals surface area contributed by atoms with Crippen molar-refractivity contribution in [3.05, 3.63) is 23.8 Å². The molecule has 0 aliphatic carbocycles. The van der Waals surface area contributed by atoms with Crippen LogP contribution >= 0.6 is 24.2 Å². The van der Waals surface area contributed by atoms with Crippen molar-refractivity contribution in [2.24, 2.45) is 5.73 Å². The van der Waals surface area contributed by atoms with Gasteiger partial charge in [-0.25, -0.2) is 0 Å². The normalized spacial score (nSPS) is 13.0. The number of thioether (sulfide) groups is 1. The first-order valence-corrected chi connectivity index (χ1v) is 5.10. The Hall–Kier alpha value is -0.630. The smallest absolute Gasteiger partial charge is 0.446 e. The molecule has 0 aromatic heterocycles. The maximum atomic E-state index is 12.1. The highest BCUT2D eigenvalue weighted by molar-refractivity contribution is 8.00. The van der Waals surface area contributed by atoms with E-state index in [1.165, 1.54) is 0 Å². The second-order valence-electron chi connectivity index (χ2n) is 3.06. The number of benzene rings is 1. The first-order valence-electron chi connectivity index (χ1n) is 4.28. The third-order valence-corrected chi connectivity index (χ3v) is 2.55. The summed E-state index contributed by atoms with van der Waals surface area (Å²) < 4.78 is 36.2. The highest BCUT2D eigenvalue weighted by Gasteiger charge is 2.29. The van der Waals surface area contributed by atoms with E-state index in [4.69, 9.17) is 10.8 Å². The molecule has 8 heteroatoms. The number of hydrogen-bond acceptors (Lipinski definition) is 4. The molecule has 1 aromatic rings. The lowest BCUT2D eigenvalue weighted by Crippen LogP contribution is -2.14. The average Bonchev–Trinajstić information content (AvgIpc) is 2.18. The number of halogens is 4. The molecule has 0 saturated heterocycles. The molecule has 4 N–H and O–H groups in total. The lowest BCUT2D eigenvalue weighted by Gasteiger charge is -2.13. The van der Waals surface area contributed by atoms with Gasteiger partial charge in [0.1, 0.15) is 5.75 Å². The van der Waals surface area contributed by atoms with E-state index in [-0.39, 0.29) is 40.4 Å². The number of nitrogens with two attached hydrogens (primary N) is 1. The first-order chi connectivity index (χ1) is 7.33. The standard InChI is InChI=1S/C9H10F3NO2S.ClH/c10-9(11,12)16-5-1-2-8(15)6(3-5)7(13)4-14;/h1-3,7,14-15H,4,13H2;1H/t7-;/m1./s1. The summed E-state index contributed by atoms with van der Waals surface area (Å²) in [4.78, 5) is -0.0794. The van der Waals surface area contributed by atoms with Crippen molar-refractivity contribution in [2.45, 2.75) is 16.4 Å². The quantitative estimate of drug-likeness (QED) is 0.748. The SMILES string of the molecule is Cl.N[C@H](CO)c1cc(SC(F)(F)F)ccc1O. The van der Waals surface area contributed by atoms with E-state index in [1.807, 2.05) is 0 Å². The second kappa shape index (κ2) is 6.34. The first kappa shape index (κ1) is 16.4. The van der Waals surface area contributed by atoms with Crippen LogP contribution in [0.3, 0.4) is 0 Å². The van der Waals surface area contributed by atoms with Crippen LogP contribution in [0.5, 0.6) is 5.75 Å². The van der Waals surface area contributed by atoms with Crippen molar-refractivity contribution >= 4 is 24.2 Å². The molecule has 0 aliphatic rings. The van der Waals surface area contributed by atoms with Gasteiger partial charge in [-0.15, -0.1) is 12.4 Å². The molecule has 1 atom stereocenters. The molecule has 0 aliphatic heterocycles. The van der Waals surface area contributed by atoms with Gasteiger partial charge < -0.3 is 15.9 Å². The van der Waals surface area contributed by atoms with Gasteiger partial charge in [0.15, 0.2) is 0 Å². The van der Waals surface area contributed by atoms with Crippen molar-refractivity contribution in [3.8, 4) is 5.75 Å². The highest BCUT2D eigenvalue weighted by Crippen LogP contribution is 2.38. The van der Waals surface area contributed by atoms with Gasteiger partial charge in [0.05, 0.1) is 12.6 Å². The minimum absolute atomic E-state index is 0. The predicted molar refractivity (Wildman–Crippen MR) is 61.3 cm³/mol. The van der Waals surface area contributed by atoms with E-state index in [9.17, 15) is 18.3 Å². The van der Waals surface area contributed by atoms with Crippen LogP contribution in [0.25, 0.3) is 0 Å². The molecule has 0 radical (unpaired) electrons. The number of phenols is 1. The summed E-state index contributed by atoms with van der Waals surface area (Å²) in [5.74, 6) is -0.229. The van der Waals surface area contributed by atoms with Gasteiger partial charge in [-0.3, -0.25) is 0 Å². The monoisotopic (exact) mass is 289 g/mol. The minimum atomic E-state index is -4.39. The van der Waals surface area contributed by atoms with Gasteiger partial charge in [0, 0.05) is 10.5 Å². The van der Waals surface area contributed by atoms with Crippen molar-refractivity contribution in [3.63, 3.8) is 0 Å². The maximum Gasteiger partial charge on any atom is 0.446 e. The Morgan fingerprint density at radius 2 is 1.94 bits per heavy atom. The third kappa shape index (κ3) is 5.03. The summed E-state index contributed by atoms with van der Waals surface area (Å²) in [5, 5.41) is 18.1. The number of aromatic hydroxyl groups is 1.